The molecule has 0 aliphatic carbocycles. The van der Waals surface area contributed by atoms with E-state index in [1.165, 1.54) is 5.56 Å². The van der Waals surface area contributed by atoms with E-state index in [-0.39, 0.29) is 6.10 Å². The minimum absolute atomic E-state index is 0.235. The topological polar surface area (TPSA) is 49.7 Å². The number of nitrogens with zero attached hydrogens (tertiary/aromatic N) is 1. The average Bonchev–Trinajstić information content (AvgIpc) is 2.05. The van der Waals surface area contributed by atoms with Gasteiger partial charge in [0.15, 0.2) is 0 Å². The van der Waals surface area contributed by atoms with E-state index in [9.17, 15) is 0 Å². The summed E-state index contributed by atoms with van der Waals surface area (Å²) in [6, 6.07) is 3.96. The van der Waals surface area contributed by atoms with Gasteiger partial charge in [-0.15, -0.1) is 0 Å². The molecular formula is C9H15N2O+. The molecule has 0 saturated carbocycles. The number of nitrogens with two attached hydrogens (primary N) is 1. The summed E-state index contributed by atoms with van der Waals surface area (Å²) < 4.78 is 0. The standard InChI is InChI=1S/C9H14N2O/c1-8(12)5-11-7-9-3-2-4-10-6-9/h2-4,6,8,11-12H,5,7H2,1H3/p+1/t8-/m0/s1. The first-order chi connectivity index (χ1) is 5.79. The highest BCUT2D eigenvalue weighted by Gasteiger charge is 1.98. The van der Waals surface area contributed by atoms with Crippen LogP contribution >= 0.6 is 0 Å². The van der Waals surface area contributed by atoms with Gasteiger partial charge in [-0.3, -0.25) is 4.98 Å². The highest BCUT2D eigenvalue weighted by atomic mass is 16.3. The van der Waals surface area contributed by atoms with Crippen molar-refractivity contribution in [2.75, 3.05) is 6.54 Å². The highest BCUT2D eigenvalue weighted by molar-refractivity contribution is 5.06. The SMILES string of the molecule is C[C@H](O)C[NH2+]Cc1cccnc1. The second-order valence-corrected chi connectivity index (χ2v) is 2.94. The first-order valence-electron chi connectivity index (χ1n) is 4.17. The molecule has 0 aliphatic rings. The zero-order valence-corrected chi connectivity index (χ0v) is 7.27. The quantitative estimate of drug-likeness (QED) is 0.636. The lowest BCUT2D eigenvalue weighted by Crippen LogP contribution is -2.84. The molecule has 0 aliphatic heterocycles. The molecule has 0 bridgehead atoms. The van der Waals surface area contributed by atoms with Gasteiger partial charge in [0, 0.05) is 18.0 Å². The summed E-state index contributed by atoms with van der Waals surface area (Å²) in [6.07, 6.45) is 3.37. The molecule has 3 N–H and O–H groups in total. The van der Waals surface area contributed by atoms with Crippen molar-refractivity contribution in [2.24, 2.45) is 0 Å². The molecular weight excluding hydrogens is 152 g/mol. The molecule has 0 aromatic carbocycles. The maximum atomic E-state index is 8.98. The van der Waals surface area contributed by atoms with Crippen molar-refractivity contribution in [3.05, 3.63) is 30.1 Å². The normalized spacial score (nSPS) is 12.8. The lowest BCUT2D eigenvalue weighted by atomic mass is 10.3. The number of aliphatic hydroxyl groups excluding tert-OH is 1. The first-order valence-corrected chi connectivity index (χ1v) is 4.17. The van der Waals surface area contributed by atoms with Crippen LogP contribution in [0, 0.1) is 0 Å². The Bertz CT molecular complexity index is 211. The number of quaternary nitrogens is 1. The fourth-order valence-electron chi connectivity index (χ4n) is 1.01. The first kappa shape index (κ1) is 9.16. The van der Waals surface area contributed by atoms with Crippen molar-refractivity contribution in [3.63, 3.8) is 0 Å². The van der Waals surface area contributed by atoms with E-state index in [1.807, 2.05) is 18.3 Å². The number of aromatic nitrogens is 1. The van der Waals surface area contributed by atoms with Gasteiger partial charge >= 0.3 is 0 Å². The maximum Gasteiger partial charge on any atom is 0.103 e. The van der Waals surface area contributed by atoms with Gasteiger partial charge in [-0.05, 0) is 13.0 Å². The van der Waals surface area contributed by atoms with Gasteiger partial charge in [0.25, 0.3) is 0 Å². The van der Waals surface area contributed by atoms with E-state index in [0.717, 1.165) is 13.1 Å². The zero-order valence-electron chi connectivity index (χ0n) is 7.27. The Hall–Kier alpha value is -0.930. The Kier molecular flexibility index (Phi) is 3.70. The minimum atomic E-state index is -0.235. The molecule has 1 aromatic rings. The van der Waals surface area contributed by atoms with E-state index >= 15 is 0 Å². The lowest BCUT2D eigenvalue weighted by molar-refractivity contribution is -0.676. The molecule has 12 heavy (non-hydrogen) atoms. The van der Waals surface area contributed by atoms with E-state index < -0.39 is 0 Å². The zero-order chi connectivity index (χ0) is 8.81. The number of rotatable bonds is 4. The molecule has 0 spiro atoms. The molecule has 0 radical (unpaired) electrons. The summed E-state index contributed by atoms with van der Waals surface area (Å²) in [7, 11) is 0. The molecule has 0 unspecified atom stereocenters. The molecule has 1 rings (SSSR count). The van der Waals surface area contributed by atoms with Gasteiger partial charge in [0.1, 0.15) is 13.1 Å². The predicted molar refractivity (Wildman–Crippen MR) is 46.4 cm³/mol. The monoisotopic (exact) mass is 167 g/mol. The molecule has 0 fully saturated rings. The van der Waals surface area contributed by atoms with Crippen LogP contribution in [0.1, 0.15) is 12.5 Å². The van der Waals surface area contributed by atoms with Gasteiger partial charge in [-0.1, -0.05) is 6.07 Å². The van der Waals surface area contributed by atoms with Crippen molar-refractivity contribution in [3.8, 4) is 0 Å². The van der Waals surface area contributed by atoms with Gasteiger partial charge in [-0.25, -0.2) is 0 Å². The number of pyridine rings is 1. The summed E-state index contributed by atoms with van der Waals surface area (Å²) >= 11 is 0. The van der Waals surface area contributed by atoms with Crippen LogP contribution in [0.3, 0.4) is 0 Å². The molecule has 3 heteroatoms. The van der Waals surface area contributed by atoms with Crippen LogP contribution < -0.4 is 5.32 Å². The molecule has 1 atom stereocenters. The summed E-state index contributed by atoms with van der Waals surface area (Å²) in [4.78, 5) is 4.00. The molecule has 3 nitrogen and oxygen atoms in total. The molecule has 1 heterocycles. The smallest absolute Gasteiger partial charge is 0.103 e. The Balaban J connectivity index is 2.25. The van der Waals surface area contributed by atoms with Gasteiger partial charge < -0.3 is 10.4 Å². The third-order valence-corrected chi connectivity index (χ3v) is 1.61. The largest absolute Gasteiger partial charge is 0.388 e. The van der Waals surface area contributed by atoms with Crippen molar-refractivity contribution in [1.82, 2.24) is 4.98 Å². The van der Waals surface area contributed by atoms with Crippen LogP contribution in [0.5, 0.6) is 0 Å². The number of aliphatic hydroxyl groups is 1. The van der Waals surface area contributed by atoms with Crippen molar-refractivity contribution in [1.29, 1.82) is 0 Å². The molecule has 0 amide bonds. The van der Waals surface area contributed by atoms with E-state index in [0.29, 0.717) is 0 Å². The fraction of sp³-hybridized carbons (Fsp3) is 0.444. The van der Waals surface area contributed by atoms with Gasteiger partial charge in [0.05, 0.1) is 6.10 Å². The number of hydrogen-bond acceptors (Lipinski definition) is 2. The summed E-state index contributed by atoms with van der Waals surface area (Å²) in [6.45, 7) is 3.42. The second kappa shape index (κ2) is 4.85. The fourth-order valence-corrected chi connectivity index (χ4v) is 1.01. The average molecular weight is 167 g/mol. The van der Waals surface area contributed by atoms with E-state index in [2.05, 4.69) is 10.3 Å². The van der Waals surface area contributed by atoms with Crippen molar-refractivity contribution in [2.45, 2.75) is 19.6 Å². The van der Waals surface area contributed by atoms with Crippen LogP contribution in [0.4, 0.5) is 0 Å². The Morgan fingerprint density at radius 1 is 1.67 bits per heavy atom. The van der Waals surface area contributed by atoms with Crippen LogP contribution in [-0.2, 0) is 6.54 Å². The third kappa shape index (κ3) is 3.46. The predicted octanol–water partition coefficient (Wildman–Crippen LogP) is -0.474. The van der Waals surface area contributed by atoms with E-state index in [4.69, 9.17) is 5.11 Å². The van der Waals surface area contributed by atoms with Gasteiger partial charge in [-0.2, -0.15) is 0 Å². The summed E-state index contributed by atoms with van der Waals surface area (Å²) in [5.41, 5.74) is 1.19. The highest BCUT2D eigenvalue weighted by Crippen LogP contribution is 1.90. The van der Waals surface area contributed by atoms with Crippen LogP contribution in [0.25, 0.3) is 0 Å². The second-order valence-electron chi connectivity index (χ2n) is 2.94. The van der Waals surface area contributed by atoms with Gasteiger partial charge in [0.2, 0.25) is 0 Å². The molecule has 66 valence electrons. The van der Waals surface area contributed by atoms with Crippen LogP contribution in [0.15, 0.2) is 24.5 Å². The Morgan fingerprint density at radius 2 is 2.50 bits per heavy atom. The molecule has 0 saturated heterocycles. The van der Waals surface area contributed by atoms with Crippen LogP contribution in [0.2, 0.25) is 0 Å². The van der Waals surface area contributed by atoms with E-state index in [1.54, 1.807) is 13.1 Å². The lowest BCUT2D eigenvalue weighted by Gasteiger charge is -2.02. The Morgan fingerprint density at radius 3 is 3.08 bits per heavy atom. The minimum Gasteiger partial charge on any atom is -0.388 e. The maximum absolute atomic E-state index is 8.98. The summed E-state index contributed by atoms with van der Waals surface area (Å²) in [5.74, 6) is 0. The number of hydrogen-bond donors (Lipinski definition) is 2. The Labute approximate surface area is 72.5 Å². The third-order valence-electron chi connectivity index (χ3n) is 1.61. The van der Waals surface area contributed by atoms with Crippen molar-refractivity contribution >= 4 is 0 Å². The molecule has 1 aromatic heterocycles. The van der Waals surface area contributed by atoms with Crippen LogP contribution in [-0.4, -0.2) is 22.7 Å². The van der Waals surface area contributed by atoms with Crippen molar-refractivity contribution < 1.29 is 10.4 Å². The summed E-state index contributed by atoms with van der Waals surface area (Å²) in [5, 5.41) is 11.1.